The van der Waals surface area contributed by atoms with Crippen LogP contribution in [-0.2, 0) is 6.54 Å². The fraction of sp³-hybridized carbons (Fsp3) is 0.231. The Morgan fingerprint density at radius 2 is 2.13 bits per heavy atom. The van der Waals surface area contributed by atoms with Gasteiger partial charge in [-0.3, -0.25) is 4.98 Å². The second-order valence-corrected chi connectivity index (χ2v) is 4.95. The highest BCUT2D eigenvalue weighted by molar-refractivity contribution is 6.28. The van der Waals surface area contributed by atoms with Crippen LogP contribution < -0.4 is 10.5 Å². The molecule has 0 aromatic carbocycles. The van der Waals surface area contributed by atoms with Crippen molar-refractivity contribution in [3.8, 4) is 5.75 Å². The zero-order valence-electron chi connectivity index (χ0n) is 11.7. The van der Waals surface area contributed by atoms with E-state index in [2.05, 4.69) is 19.9 Å². The standard InChI is InChI=1S/C13H11ClF2N6O/c14-13-20-11(17)10-12(21-13)22(6-19-10)4-7-3-8(1-2-18-7)23-5-9(15)16/h1-3,6,9H,4-5H2,(H2,17,20,21). The zero-order chi connectivity index (χ0) is 16.4. The maximum atomic E-state index is 12.2. The Bertz CT molecular complexity index is 840. The maximum absolute atomic E-state index is 12.2. The molecule has 0 aliphatic heterocycles. The third-order valence-electron chi connectivity index (χ3n) is 2.96. The molecule has 0 bridgehead atoms. The van der Waals surface area contributed by atoms with Crippen LogP contribution in [0.25, 0.3) is 11.2 Å². The van der Waals surface area contributed by atoms with Crippen LogP contribution in [-0.4, -0.2) is 37.5 Å². The number of anilines is 1. The van der Waals surface area contributed by atoms with Crippen LogP contribution >= 0.6 is 11.6 Å². The Balaban J connectivity index is 1.86. The average Bonchev–Trinajstić information content (AvgIpc) is 2.89. The highest BCUT2D eigenvalue weighted by atomic mass is 35.5. The Kier molecular flexibility index (Phi) is 4.20. The third-order valence-corrected chi connectivity index (χ3v) is 3.13. The molecule has 0 fully saturated rings. The second kappa shape index (κ2) is 6.29. The molecule has 10 heteroatoms. The Morgan fingerprint density at radius 3 is 2.91 bits per heavy atom. The molecule has 0 aliphatic rings. The Morgan fingerprint density at radius 1 is 1.30 bits per heavy atom. The number of aromatic nitrogens is 5. The monoisotopic (exact) mass is 340 g/mol. The zero-order valence-corrected chi connectivity index (χ0v) is 12.4. The van der Waals surface area contributed by atoms with Crippen molar-refractivity contribution in [1.29, 1.82) is 0 Å². The van der Waals surface area contributed by atoms with Gasteiger partial charge in [-0.15, -0.1) is 0 Å². The van der Waals surface area contributed by atoms with Gasteiger partial charge >= 0.3 is 0 Å². The number of fused-ring (bicyclic) bond motifs is 1. The lowest BCUT2D eigenvalue weighted by Gasteiger charge is -2.08. The number of alkyl halides is 2. The summed E-state index contributed by atoms with van der Waals surface area (Å²) in [5.41, 5.74) is 7.22. The van der Waals surface area contributed by atoms with Gasteiger partial charge < -0.3 is 15.0 Å². The van der Waals surface area contributed by atoms with Crippen LogP contribution in [0.1, 0.15) is 5.69 Å². The third kappa shape index (κ3) is 3.45. The molecular weight excluding hydrogens is 330 g/mol. The molecule has 0 radical (unpaired) electrons. The second-order valence-electron chi connectivity index (χ2n) is 4.61. The molecule has 0 saturated heterocycles. The first kappa shape index (κ1) is 15.3. The lowest BCUT2D eigenvalue weighted by molar-refractivity contribution is 0.0818. The van der Waals surface area contributed by atoms with E-state index in [1.54, 1.807) is 10.6 Å². The van der Waals surface area contributed by atoms with Crippen LogP contribution in [0, 0.1) is 0 Å². The molecular formula is C13H11ClF2N6O. The molecule has 3 aromatic rings. The van der Waals surface area contributed by atoms with Crippen molar-refractivity contribution in [3.63, 3.8) is 0 Å². The summed E-state index contributed by atoms with van der Waals surface area (Å²) in [5.74, 6) is 0.493. The van der Waals surface area contributed by atoms with Crippen LogP contribution in [0.4, 0.5) is 14.6 Å². The molecule has 0 unspecified atom stereocenters. The summed E-state index contributed by atoms with van der Waals surface area (Å²) in [6.07, 6.45) is 0.470. The van der Waals surface area contributed by atoms with Crippen LogP contribution in [0.5, 0.6) is 5.75 Å². The number of pyridine rings is 1. The van der Waals surface area contributed by atoms with Crippen molar-refractivity contribution in [1.82, 2.24) is 24.5 Å². The number of nitrogen functional groups attached to an aromatic ring is 1. The highest BCUT2D eigenvalue weighted by Crippen LogP contribution is 2.20. The predicted molar refractivity (Wildman–Crippen MR) is 79.6 cm³/mol. The van der Waals surface area contributed by atoms with Gasteiger partial charge in [0.2, 0.25) is 5.28 Å². The van der Waals surface area contributed by atoms with Gasteiger partial charge in [-0.05, 0) is 17.7 Å². The van der Waals surface area contributed by atoms with Gasteiger partial charge in [0.25, 0.3) is 6.43 Å². The lowest BCUT2D eigenvalue weighted by atomic mass is 10.3. The molecule has 0 amide bonds. The number of hydrogen-bond acceptors (Lipinski definition) is 6. The van der Waals surface area contributed by atoms with Crippen molar-refractivity contribution in [2.24, 2.45) is 0 Å². The summed E-state index contributed by atoms with van der Waals surface area (Å²) in [7, 11) is 0. The molecule has 3 aromatic heterocycles. The summed E-state index contributed by atoms with van der Waals surface area (Å²) in [6.45, 7) is -0.369. The average molecular weight is 341 g/mol. The van der Waals surface area contributed by atoms with Crippen molar-refractivity contribution in [3.05, 3.63) is 35.6 Å². The first-order valence-electron chi connectivity index (χ1n) is 6.52. The van der Waals surface area contributed by atoms with E-state index in [0.29, 0.717) is 29.2 Å². The Hall–Kier alpha value is -2.55. The minimum Gasteiger partial charge on any atom is -0.488 e. The van der Waals surface area contributed by atoms with E-state index < -0.39 is 13.0 Å². The molecule has 0 atom stereocenters. The van der Waals surface area contributed by atoms with Gasteiger partial charge in [-0.2, -0.15) is 9.97 Å². The molecule has 0 aliphatic carbocycles. The molecule has 0 saturated carbocycles. The quantitative estimate of drug-likeness (QED) is 0.715. The number of halogens is 3. The number of nitrogens with zero attached hydrogens (tertiary/aromatic N) is 5. The van der Waals surface area contributed by atoms with E-state index in [9.17, 15) is 8.78 Å². The molecule has 3 rings (SSSR count). The van der Waals surface area contributed by atoms with Crippen molar-refractivity contribution >= 4 is 28.6 Å². The molecule has 0 spiro atoms. The van der Waals surface area contributed by atoms with Gasteiger partial charge in [0.05, 0.1) is 18.6 Å². The van der Waals surface area contributed by atoms with Gasteiger partial charge in [0.1, 0.15) is 17.9 Å². The van der Waals surface area contributed by atoms with E-state index in [1.807, 2.05) is 0 Å². The summed E-state index contributed by atoms with van der Waals surface area (Å²) in [6, 6.07) is 3.08. The van der Waals surface area contributed by atoms with Gasteiger partial charge in [0, 0.05) is 12.3 Å². The summed E-state index contributed by atoms with van der Waals surface area (Å²) < 4.78 is 31.0. The minimum atomic E-state index is -2.54. The smallest absolute Gasteiger partial charge is 0.272 e. The first-order chi connectivity index (χ1) is 11.0. The summed E-state index contributed by atoms with van der Waals surface area (Å²) in [4.78, 5) is 16.2. The normalized spacial score (nSPS) is 11.3. The van der Waals surface area contributed by atoms with Gasteiger partial charge in [0.15, 0.2) is 11.5 Å². The van der Waals surface area contributed by atoms with Crippen molar-refractivity contribution in [2.45, 2.75) is 13.0 Å². The topological polar surface area (TPSA) is 91.7 Å². The predicted octanol–water partition coefficient (Wildman–Crippen LogP) is 2.15. The fourth-order valence-corrected chi connectivity index (χ4v) is 2.19. The van der Waals surface area contributed by atoms with Crippen LogP contribution in [0.3, 0.4) is 0 Å². The molecule has 2 N–H and O–H groups in total. The maximum Gasteiger partial charge on any atom is 0.272 e. The van der Waals surface area contributed by atoms with Gasteiger partial charge in [-0.1, -0.05) is 0 Å². The van der Waals surface area contributed by atoms with Crippen molar-refractivity contribution in [2.75, 3.05) is 12.3 Å². The number of imidazole rings is 1. The molecule has 3 heterocycles. The van der Waals surface area contributed by atoms with E-state index >= 15 is 0 Å². The SMILES string of the molecule is Nc1nc(Cl)nc2c1ncn2Cc1cc(OCC(F)F)ccn1. The lowest BCUT2D eigenvalue weighted by Crippen LogP contribution is -2.08. The van der Waals surface area contributed by atoms with E-state index in [0.717, 1.165) is 0 Å². The number of rotatable bonds is 5. The van der Waals surface area contributed by atoms with Crippen LogP contribution in [0.15, 0.2) is 24.7 Å². The molecule has 7 nitrogen and oxygen atoms in total. The number of nitrogens with two attached hydrogens (primary N) is 1. The van der Waals surface area contributed by atoms with Gasteiger partial charge in [-0.25, -0.2) is 13.8 Å². The minimum absolute atomic E-state index is 0.0127. The van der Waals surface area contributed by atoms with Crippen LogP contribution in [0.2, 0.25) is 5.28 Å². The van der Waals surface area contributed by atoms with Crippen molar-refractivity contribution < 1.29 is 13.5 Å². The Labute approximate surface area is 134 Å². The first-order valence-corrected chi connectivity index (χ1v) is 6.90. The highest BCUT2D eigenvalue weighted by Gasteiger charge is 2.11. The fourth-order valence-electron chi connectivity index (χ4n) is 2.02. The van der Waals surface area contributed by atoms with E-state index in [1.165, 1.54) is 18.6 Å². The number of hydrogen-bond donors (Lipinski definition) is 1. The number of ether oxygens (including phenoxy) is 1. The molecule has 23 heavy (non-hydrogen) atoms. The van der Waals surface area contributed by atoms with E-state index in [-0.39, 0.29) is 11.1 Å². The molecule has 120 valence electrons. The van der Waals surface area contributed by atoms with E-state index in [4.69, 9.17) is 22.1 Å². The summed E-state index contributed by atoms with van der Waals surface area (Å²) in [5, 5.41) is 0.0127. The largest absolute Gasteiger partial charge is 0.488 e. The summed E-state index contributed by atoms with van der Waals surface area (Å²) >= 11 is 5.80.